The van der Waals surface area contributed by atoms with E-state index in [1.54, 1.807) is 12.4 Å². The number of nitrogens with one attached hydrogen (secondary N) is 1. The number of aromatic nitrogens is 2. The number of nitrogens with two attached hydrogens (primary N) is 1. The van der Waals surface area contributed by atoms with E-state index in [0.717, 1.165) is 0 Å². The minimum absolute atomic E-state index is 0.0838. The van der Waals surface area contributed by atoms with E-state index in [0.29, 0.717) is 24.2 Å². The lowest BCUT2D eigenvalue weighted by Gasteiger charge is -2.34. The van der Waals surface area contributed by atoms with Gasteiger partial charge in [-0.25, -0.2) is 0 Å². The Balaban J connectivity index is 2.84. The smallest absolute Gasteiger partial charge is 0.234 e. The Morgan fingerprint density at radius 3 is 2.50 bits per heavy atom. The minimum atomic E-state index is -0.203. The van der Waals surface area contributed by atoms with Gasteiger partial charge in [-0.15, -0.1) is 0 Å². The molecule has 0 spiro atoms. The third-order valence-corrected chi connectivity index (χ3v) is 3.08. The highest BCUT2D eigenvalue weighted by molar-refractivity contribution is 5.37. The minimum Gasteiger partial charge on any atom is -0.474 e. The molecule has 0 radical (unpaired) electrons. The zero-order valence-electron chi connectivity index (χ0n) is 11.9. The van der Waals surface area contributed by atoms with Crippen LogP contribution in [0.5, 0.6) is 5.88 Å². The lowest BCUT2D eigenvalue weighted by atomic mass is 9.88. The van der Waals surface area contributed by atoms with Gasteiger partial charge in [-0.2, -0.15) is 4.98 Å². The molecule has 1 aromatic heterocycles. The molecule has 0 aromatic carbocycles. The van der Waals surface area contributed by atoms with Crippen LogP contribution in [-0.2, 0) is 0 Å². The molecule has 1 aromatic rings. The standard InChI is InChI=1S/C13H24N4O/c1-9(2)13(5,8-14)17-11-6-15-7-12(16-11)18-10(3)4/h6-7,9-10H,8,14H2,1-5H3,(H,16,17). The molecular formula is C13H24N4O. The third-order valence-electron chi connectivity index (χ3n) is 3.08. The highest BCUT2D eigenvalue weighted by atomic mass is 16.5. The van der Waals surface area contributed by atoms with Crippen LogP contribution < -0.4 is 15.8 Å². The molecule has 0 amide bonds. The Morgan fingerprint density at radius 1 is 1.33 bits per heavy atom. The fourth-order valence-corrected chi connectivity index (χ4v) is 1.43. The molecule has 102 valence electrons. The van der Waals surface area contributed by atoms with Crippen molar-refractivity contribution in [3.63, 3.8) is 0 Å². The molecule has 0 aliphatic heterocycles. The number of anilines is 1. The first-order valence-corrected chi connectivity index (χ1v) is 6.34. The molecule has 3 N–H and O–H groups in total. The van der Waals surface area contributed by atoms with Crippen molar-refractivity contribution in [2.24, 2.45) is 11.7 Å². The van der Waals surface area contributed by atoms with Crippen molar-refractivity contribution < 1.29 is 4.74 Å². The largest absolute Gasteiger partial charge is 0.474 e. The first kappa shape index (κ1) is 14.7. The molecule has 5 nitrogen and oxygen atoms in total. The highest BCUT2D eigenvalue weighted by Gasteiger charge is 2.27. The fraction of sp³-hybridized carbons (Fsp3) is 0.692. The van der Waals surface area contributed by atoms with Crippen molar-refractivity contribution in [3.8, 4) is 5.88 Å². The Hall–Kier alpha value is -1.36. The van der Waals surface area contributed by atoms with E-state index in [2.05, 4.69) is 36.1 Å². The van der Waals surface area contributed by atoms with Gasteiger partial charge in [0.25, 0.3) is 0 Å². The molecule has 0 aliphatic rings. The normalized spacial score (nSPS) is 14.7. The maximum Gasteiger partial charge on any atom is 0.234 e. The van der Waals surface area contributed by atoms with Crippen molar-refractivity contribution in [2.75, 3.05) is 11.9 Å². The molecule has 1 heterocycles. The molecule has 0 saturated carbocycles. The van der Waals surface area contributed by atoms with E-state index in [1.807, 2.05) is 13.8 Å². The Labute approximate surface area is 109 Å². The summed E-state index contributed by atoms with van der Waals surface area (Å²) in [5.74, 6) is 1.60. The van der Waals surface area contributed by atoms with Gasteiger partial charge in [0.15, 0.2) is 0 Å². The summed E-state index contributed by atoms with van der Waals surface area (Å²) in [6.45, 7) is 10.8. The second-order valence-corrected chi connectivity index (χ2v) is 5.31. The first-order valence-electron chi connectivity index (χ1n) is 6.34. The van der Waals surface area contributed by atoms with Gasteiger partial charge in [0, 0.05) is 6.54 Å². The predicted octanol–water partition coefficient (Wildman–Crippen LogP) is 2.05. The summed E-state index contributed by atoms with van der Waals surface area (Å²) in [6, 6.07) is 0. The molecule has 1 rings (SSSR count). The van der Waals surface area contributed by atoms with Crippen LogP contribution in [0.3, 0.4) is 0 Å². The topological polar surface area (TPSA) is 73.1 Å². The maximum absolute atomic E-state index is 5.83. The molecule has 1 unspecified atom stereocenters. The van der Waals surface area contributed by atoms with E-state index < -0.39 is 0 Å². The average Bonchev–Trinajstić information content (AvgIpc) is 2.28. The quantitative estimate of drug-likeness (QED) is 0.810. The monoisotopic (exact) mass is 252 g/mol. The van der Waals surface area contributed by atoms with Gasteiger partial charge < -0.3 is 15.8 Å². The van der Waals surface area contributed by atoms with Crippen molar-refractivity contribution >= 4 is 5.82 Å². The van der Waals surface area contributed by atoms with Crippen LogP contribution in [0.1, 0.15) is 34.6 Å². The van der Waals surface area contributed by atoms with Crippen LogP contribution in [0.15, 0.2) is 12.4 Å². The lowest BCUT2D eigenvalue weighted by Crippen LogP contribution is -2.47. The molecule has 0 saturated heterocycles. The molecule has 5 heteroatoms. The Morgan fingerprint density at radius 2 is 2.00 bits per heavy atom. The zero-order valence-corrected chi connectivity index (χ0v) is 11.9. The van der Waals surface area contributed by atoms with Crippen LogP contribution in [0, 0.1) is 5.92 Å². The van der Waals surface area contributed by atoms with Gasteiger partial charge >= 0.3 is 0 Å². The number of nitrogens with zero attached hydrogens (tertiary/aromatic N) is 2. The lowest BCUT2D eigenvalue weighted by molar-refractivity contribution is 0.231. The summed E-state index contributed by atoms with van der Waals surface area (Å²) in [7, 11) is 0. The maximum atomic E-state index is 5.83. The summed E-state index contributed by atoms with van der Waals surface area (Å²) >= 11 is 0. The van der Waals surface area contributed by atoms with Crippen LogP contribution in [-0.4, -0.2) is 28.2 Å². The van der Waals surface area contributed by atoms with Crippen LogP contribution in [0.4, 0.5) is 5.82 Å². The molecule has 1 atom stereocenters. The number of rotatable bonds is 6. The number of hydrogen-bond acceptors (Lipinski definition) is 5. The Bertz CT molecular complexity index is 381. The fourth-order valence-electron chi connectivity index (χ4n) is 1.43. The van der Waals surface area contributed by atoms with Gasteiger partial charge in [-0.3, -0.25) is 4.98 Å². The molecular weight excluding hydrogens is 228 g/mol. The Kier molecular flexibility index (Phi) is 4.90. The summed E-state index contributed by atoms with van der Waals surface area (Å²) < 4.78 is 5.52. The van der Waals surface area contributed by atoms with Gasteiger partial charge in [-0.05, 0) is 26.7 Å². The van der Waals surface area contributed by atoms with E-state index >= 15 is 0 Å². The van der Waals surface area contributed by atoms with Crippen LogP contribution in [0.2, 0.25) is 0 Å². The van der Waals surface area contributed by atoms with E-state index in [1.165, 1.54) is 0 Å². The molecule has 0 bridgehead atoms. The van der Waals surface area contributed by atoms with Gasteiger partial charge in [0.05, 0.1) is 24.0 Å². The van der Waals surface area contributed by atoms with Crippen LogP contribution >= 0.6 is 0 Å². The van der Waals surface area contributed by atoms with E-state index in [-0.39, 0.29) is 11.6 Å². The van der Waals surface area contributed by atoms with E-state index in [4.69, 9.17) is 10.5 Å². The van der Waals surface area contributed by atoms with Gasteiger partial charge in [-0.1, -0.05) is 13.8 Å². The molecule has 18 heavy (non-hydrogen) atoms. The van der Waals surface area contributed by atoms with Crippen molar-refractivity contribution in [3.05, 3.63) is 12.4 Å². The van der Waals surface area contributed by atoms with Crippen molar-refractivity contribution in [2.45, 2.75) is 46.3 Å². The third kappa shape index (κ3) is 3.84. The second-order valence-electron chi connectivity index (χ2n) is 5.31. The second kappa shape index (κ2) is 6.00. The van der Waals surface area contributed by atoms with Crippen molar-refractivity contribution in [1.29, 1.82) is 0 Å². The number of hydrogen-bond donors (Lipinski definition) is 2. The summed E-state index contributed by atoms with van der Waals surface area (Å²) in [6.07, 6.45) is 3.38. The predicted molar refractivity (Wildman–Crippen MR) is 73.7 cm³/mol. The number of ether oxygens (including phenoxy) is 1. The SMILES string of the molecule is CC(C)Oc1cncc(NC(C)(CN)C(C)C)n1. The summed E-state index contributed by atoms with van der Waals surface area (Å²) in [5.41, 5.74) is 5.63. The summed E-state index contributed by atoms with van der Waals surface area (Å²) in [5, 5.41) is 3.34. The highest BCUT2D eigenvalue weighted by Crippen LogP contribution is 2.21. The first-order chi connectivity index (χ1) is 8.37. The summed E-state index contributed by atoms with van der Waals surface area (Å²) in [4.78, 5) is 8.50. The van der Waals surface area contributed by atoms with Crippen LogP contribution in [0.25, 0.3) is 0 Å². The van der Waals surface area contributed by atoms with E-state index in [9.17, 15) is 0 Å². The molecule has 0 aliphatic carbocycles. The average molecular weight is 252 g/mol. The molecule has 0 fully saturated rings. The zero-order chi connectivity index (χ0) is 13.8. The van der Waals surface area contributed by atoms with Gasteiger partial charge in [0.1, 0.15) is 5.82 Å². The van der Waals surface area contributed by atoms with Crippen molar-refractivity contribution in [1.82, 2.24) is 9.97 Å². The van der Waals surface area contributed by atoms with Gasteiger partial charge in [0.2, 0.25) is 5.88 Å².